The summed E-state index contributed by atoms with van der Waals surface area (Å²) < 4.78 is 7.62. The van der Waals surface area contributed by atoms with E-state index < -0.39 is 0 Å². The van der Waals surface area contributed by atoms with Crippen molar-refractivity contribution in [2.75, 3.05) is 12.4 Å². The maximum Gasteiger partial charge on any atom is 0.230 e. The number of carbonyl (C=O) groups is 1. The van der Waals surface area contributed by atoms with Crippen LogP contribution in [0.15, 0.2) is 78.1 Å². The monoisotopic (exact) mass is 418 g/mol. The maximum atomic E-state index is 12.4. The average molecular weight is 419 g/mol. The predicted octanol–water partition coefficient (Wildman–Crippen LogP) is 4.23. The van der Waals surface area contributed by atoms with Crippen molar-refractivity contribution in [3.8, 4) is 11.4 Å². The number of ether oxygens (including phenoxy) is 1. The SMILES string of the molecule is CCOc1ccc(-n2c(SCC(=O)NCc3ccccn3)nc3ccccc32)cc1. The molecule has 0 unspecified atom stereocenters. The summed E-state index contributed by atoms with van der Waals surface area (Å²) >= 11 is 1.41. The normalized spacial score (nSPS) is 10.8. The van der Waals surface area contributed by atoms with Crippen LogP contribution in [0.5, 0.6) is 5.75 Å². The molecular weight excluding hydrogens is 396 g/mol. The molecule has 0 saturated carbocycles. The lowest BCUT2D eigenvalue weighted by atomic mass is 10.2. The van der Waals surface area contributed by atoms with Gasteiger partial charge in [0, 0.05) is 11.9 Å². The van der Waals surface area contributed by atoms with E-state index in [-0.39, 0.29) is 11.7 Å². The Kier molecular flexibility index (Phi) is 6.29. The number of rotatable bonds is 8. The van der Waals surface area contributed by atoms with Gasteiger partial charge in [-0.15, -0.1) is 0 Å². The molecule has 1 amide bonds. The third kappa shape index (κ3) is 4.63. The van der Waals surface area contributed by atoms with Gasteiger partial charge >= 0.3 is 0 Å². The topological polar surface area (TPSA) is 69.0 Å². The number of fused-ring (bicyclic) bond motifs is 1. The Morgan fingerprint density at radius 3 is 2.63 bits per heavy atom. The number of aromatic nitrogens is 3. The molecule has 1 N–H and O–H groups in total. The number of benzene rings is 2. The van der Waals surface area contributed by atoms with Crippen LogP contribution in [0, 0.1) is 0 Å². The number of pyridine rings is 1. The van der Waals surface area contributed by atoms with Gasteiger partial charge in [-0.1, -0.05) is 30.0 Å². The number of amides is 1. The first-order valence-corrected chi connectivity index (χ1v) is 10.7. The number of carbonyl (C=O) groups excluding carboxylic acids is 1. The van der Waals surface area contributed by atoms with Crippen molar-refractivity contribution in [2.45, 2.75) is 18.6 Å². The Balaban J connectivity index is 1.52. The van der Waals surface area contributed by atoms with Crippen LogP contribution in [0.1, 0.15) is 12.6 Å². The standard InChI is InChI=1S/C23H22N4O2S/c1-2-29-19-12-10-18(11-13-19)27-21-9-4-3-8-20(21)26-23(27)30-16-22(28)25-15-17-7-5-6-14-24-17/h3-14H,2,15-16H2,1H3,(H,25,28). The first kappa shape index (κ1) is 20.0. The molecule has 30 heavy (non-hydrogen) atoms. The van der Waals surface area contributed by atoms with Gasteiger partial charge in [0.15, 0.2) is 5.16 Å². The van der Waals surface area contributed by atoms with Crippen molar-refractivity contribution < 1.29 is 9.53 Å². The zero-order valence-corrected chi connectivity index (χ0v) is 17.4. The largest absolute Gasteiger partial charge is 0.494 e. The predicted molar refractivity (Wildman–Crippen MR) is 119 cm³/mol. The van der Waals surface area contributed by atoms with Crippen molar-refractivity contribution in [1.82, 2.24) is 19.9 Å². The number of imidazole rings is 1. The first-order chi connectivity index (χ1) is 14.7. The van der Waals surface area contributed by atoms with E-state index in [1.807, 2.05) is 73.7 Å². The summed E-state index contributed by atoms with van der Waals surface area (Å²) in [4.78, 5) is 21.3. The molecule has 4 rings (SSSR count). The van der Waals surface area contributed by atoms with Crippen molar-refractivity contribution in [1.29, 1.82) is 0 Å². The Labute approximate surface area is 179 Å². The van der Waals surface area contributed by atoms with Crippen LogP contribution < -0.4 is 10.1 Å². The maximum absolute atomic E-state index is 12.4. The third-order valence-electron chi connectivity index (χ3n) is 4.46. The van der Waals surface area contributed by atoms with Gasteiger partial charge < -0.3 is 10.1 Å². The minimum atomic E-state index is -0.0593. The Bertz CT molecular complexity index is 1130. The third-order valence-corrected chi connectivity index (χ3v) is 5.40. The fraction of sp³-hybridized carbons (Fsp3) is 0.174. The number of nitrogens with zero attached hydrogens (tertiary/aromatic N) is 3. The van der Waals surface area contributed by atoms with Gasteiger partial charge in [-0.25, -0.2) is 4.98 Å². The van der Waals surface area contributed by atoms with Crippen LogP contribution in [0.4, 0.5) is 0 Å². The van der Waals surface area contributed by atoms with E-state index in [1.165, 1.54) is 11.8 Å². The van der Waals surface area contributed by atoms with Gasteiger partial charge in [-0.2, -0.15) is 0 Å². The molecule has 2 heterocycles. The average Bonchev–Trinajstić information content (AvgIpc) is 3.16. The number of thioether (sulfide) groups is 1. The fourth-order valence-electron chi connectivity index (χ4n) is 3.08. The molecule has 0 bridgehead atoms. The molecule has 6 nitrogen and oxygen atoms in total. The molecule has 4 aromatic rings. The quantitative estimate of drug-likeness (QED) is 0.434. The smallest absolute Gasteiger partial charge is 0.230 e. The summed E-state index contributed by atoms with van der Waals surface area (Å²) in [6.45, 7) is 3.00. The van der Waals surface area contributed by atoms with Gasteiger partial charge in [-0.05, 0) is 55.5 Å². The van der Waals surface area contributed by atoms with E-state index in [0.717, 1.165) is 33.3 Å². The van der Waals surface area contributed by atoms with Crippen LogP contribution >= 0.6 is 11.8 Å². The molecule has 0 aliphatic rings. The zero-order valence-electron chi connectivity index (χ0n) is 16.6. The van der Waals surface area contributed by atoms with E-state index in [4.69, 9.17) is 9.72 Å². The van der Waals surface area contributed by atoms with Gasteiger partial charge in [0.25, 0.3) is 0 Å². The molecule has 0 saturated heterocycles. The number of hydrogen-bond acceptors (Lipinski definition) is 5. The molecule has 0 fully saturated rings. The number of para-hydroxylation sites is 2. The van der Waals surface area contributed by atoms with E-state index in [9.17, 15) is 4.79 Å². The summed E-state index contributed by atoms with van der Waals surface area (Å²) in [6, 6.07) is 21.5. The van der Waals surface area contributed by atoms with E-state index in [2.05, 4.69) is 14.9 Å². The summed E-state index contributed by atoms with van der Waals surface area (Å²) in [5, 5.41) is 3.68. The highest BCUT2D eigenvalue weighted by Gasteiger charge is 2.14. The van der Waals surface area contributed by atoms with Gasteiger partial charge in [-0.3, -0.25) is 14.3 Å². The van der Waals surface area contributed by atoms with E-state index in [0.29, 0.717) is 13.2 Å². The second-order valence-electron chi connectivity index (χ2n) is 6.53. The summed E-state index contributed by atoms with van der Waals surface area (Å²) in [5.41, 5.74) is 3.70. The number of nitrogens with one attached hydrogen (secondary N) is 1. The Hall–Kier alpha value is -3.32. The van der Waals surface area contributed by atoms with Crippen LogP contribution in [-0.4, -0.2) is 32.8 Å². The highest BCUT2D eigenvalue weighted by molar-refractivity contribution is 7.99. The van der Waals surface area contributed by atoms with Gasteiger partial charge in [0.2, 0.25) is 5.91 Å². The van der Waals surface area contributed by atoms with Crippen LogP contribution in [0.3, 0.4) is 0 Å². The lowest BCUT2D eigenvalue weighted by Crippen LogP contribution is -2.25. The van der Waals surface area contributed by atoms with Crippen LogP contribution in [0.2, 0.25) is 0 Å². The zero-order chi connectivity index (χ0) is 20.8. The van der Waals surface area contributed by atoms with Gasteiger partial charge in [0.05, 0.1) is 35.6 Å². The molecule has 2 aromatic carbocycles. The molecule has 0 spiro atoms. The Morgan fingerprint density at radius 1 is 1.07 bits per heavy atom. The lowest BCUT2D eigenvalue weighted by molar-refractivity contribution is -0.118. The minimum Gasteiger partial charge on any atom is -0.494 e. The molecule has 0 aliphatic carbocycles. The van der Waals surface area contributed by atoms with E-state index in [1.54, 1.807) is 6.20 Å². The molecule has 2 aromatic heterocycles. The highest BCUT2D eigenvalue weighted by Crippen LogP contribution is 2.28. The summed E-state index contributed by atoms with van der Waals surface area (Å²) in [6.07, 6.45) is 1.72. The summed E-state index contributed by atoms with van der Waals surface area (Å²) in [5.74, 6) is 1.04. The molecule has 0 atom stereocenters. The lowest BCUT2D eigenvalue weighted by Gasteiger charge is -2.10. The van der Waals surface area contributed by atoms with Gasteiger partial charge in [0.1, 0.15) is 5.75 Å². The van der Waals surface area contributed by atoms with Crippen molar-refractivity contribution in [3.05, 3.63) is 78.6 Å². The molecule has 0 radical (unpaired) electrons. The number of hydrogen-bond donors (Lipinski definition) is 1. The second-order valence-corrected chi connectivity index (χ2v) is 7.47. The van der Waals surface area contributed by atoms with Crippen molar-refractivity contribution >= 4 is 28.7 Å². The second kappa shape index (κ2) is 9.45. The molecule has 7 heteroatoms. The van der Waals surface area contributed by atoms with Crippen molar-refractivity contribution in [3.63, 3.8) is 0 Å². The Morgan fingerprint density at radius 2 is 1.87 bits per heavy atom. The fourth-order valence-corrected chi connectivity index (χ4v) is 3.94. The van der Waals surface area contributed by atoms with Crippen molar-refractivity contribution in [2.24, 2.45) is 0 Å². The highest BCUT2D eigenvalue weighted by atomic mass is 32.2. The van der Waals surface area contributed by atoms with Crippen LogP contribution in [-0.2, 0) is 11.3 Å². The first-order valence-electron chi connectivity index (χ1n) is 9.74. The van der Waals surface area contributed by atoms with E-state index >= 15 is 0 Å². The molecule has 0 aliphatic heterocycles. The van der Waals surface area contributed by atoms with Crippen LogP contribution in [0.25, 0.3) is 16.7 Å². The summed E-state index contributed by atoms with van der Waals surface area (Å²) in [7, 11) is 0. The molecular formula is C23H22N4O2S. The molecule has 152 valence electrons. The minimum absolute atomic E-state index is 0.0593.